The Balaban J connectivity index is 2.20. The second-order valence-corrected chi connectivity index (χ2v) is 5.86. The van der Waals surface area contributed by atoms with Crippen molar-refractivity contribution < 1.29 is 4.74 Å². The predicted molar refractivity (Wildman–Crippen MR) is 76.7 cm³/mol. The molecule has 2 rings (SSSR count). The van der Waals surface area contributed by atoms with Gasteiger partial charge in [0.25, 0.3) is 0 Å². The van der Waals surface area contributed by atoms with Crippen LogP contribution in [0.4, 0.5) is 0 Å². The normalized spacial score (nSPS) is 25.3. The lowest BCUT2D eigenvalue weighted by atomic mass is 9.81. The third kappa shape index (κ3) is 3.18. The first-order valence-electron chi connectivity index (χ1n) is 6.24. The molecule has 18 heavy (non-hydrogen) atoms. The van der Waals surface area contributed by atoms with Crippen LogP contribution in [0, 0.1) is 5.92 Å². The van der Waals surface area contributed by atoms with Crippen LogP contribution in [0.2, 0.25) is 10.0 Å². The Labute approximate surface area is 119 Å². The van der Waals surface area contributed by atoms with E-state index in [0.717, 1.165) is 26.1 Å². The first-order valence-corrected chi connectivity index (χ1v) is 7.00. The molecule has 0 N–H and O–H groups in total. The Morgan fingerprint density at radius 1 is 1.33 bits per heavy atom. The maximum Gasteiger partial charge on any atom is 0.0595 e. The number of nitrogens with zero attached hydrogens (tertiary/aromatic N) is 1. The second kappa shape index (κ2) is 6.25. The van der Waals surface area contributed by atoms with Gasteiger partial charge in [-0.3, -0.25) is 0 Å². The summed E-state index contributed by atoms with van der Waals surface area (Å²) in [4.78, 5) is 2.36. The van der Waals surface area contributed by atoms with Gasteiger partial charge >= 0.3 is 0 Å². The molecule has 0 radical (unpaired) electrons. The van der Waals surface area contributed by atoms with Crippen molar-refractivity contribution >= 4 is 23.2 Å². The highest BCUT2D eigenvalue weighted by molar-refractivity contribution is 6.42. The van der Waals surface area contributed by atoms with Crippen LogP contribution in [0.5, 0.6) is 0 Å². The number of halogens is 2. The van der Waals surface area contributed by atoms with Gasteiger partial charge in [-0.2, -0.15) is 0 Å². The third-order valence-corrected chi connectivity index (χ3v) is 4.43. The molecule has 2 nitrogen and oxygen atoms in total. The van der Waals surface area contributed by atoms with E-state index < -0.39 is 0 Å². The molecule has 1 saturated heterocycles. The van der Waals surface area contributed by atoms with Gasteiger partial charge in [0.05, 0.1) is 16.7 Å². The number of rotatable bonds is 3. The van der Waals surface area contributed by atoms with Crippen LogP contribution in [-0.4, -0.2) is 38.8 Å². The van der Waals surface area contributed by atoms with Crippen LogP contribution in [0.15, 0.2) is 18.2 Å². The molecule has 1 aliphatic rings. The molecule has 1 aliphatic heterocycles. The van der Waals surface area contributed by atoms with Gasteiger partial charge < -0.3 is 9.64 Å². The zero-order valence-electron chi connectivity index (χ0n) is 10.8. The third-order valence-electron chi connectivity index (χ3n) is 3.69. The fourth-order valence-electron chi connectivity index (χ4n) is 2.78. The predicted octanol–water partition coefficient (Wildman–Crippen LogP) is 3.68. The Morgan fingerprint density at radius 2 is 2.11 bits per heavy atom. The molecule has 1 fully saturated rings. The number of hydrogen-bond acceptors (Lipinski definition) is 2. The lowest BCUT2D eigenvalue weighted by Gasteiger charge is -2.36. The zero-order chi connectivity index (χ0) is 13.1. The first kappa shape index (κ1) is 14.1. The summed E-state index contributed by atoms with van der Waals surface area (Å²) in [5.74, 6) is 1.03. The van der Waals surface area contributed by atoms with E-state index in [1.165, 1.54) is 5.56 Å². The molecule has 100 valence electrons. The summed E-state index contributed by atoms with van der Waals surface area (Å²) >= 11 is 12.1. The van der Waals surface area contributed by atoms with Gasteiger partial charge in [-0.05, 0) is 43.6 Å². The number of benzene rings is 1. The number of piperidine rings is 1. The molecule has 0 spiro atoms. The summed E-state index contributed by atoms with van der Waals surface area (Å²) in [6.45, 7) is 2.97. The van der Waals surface area contributed by atoms with E-state index in [1.807, 2.05) is 12.1 Å². The van der Waals surface area contributed by atoms with Gasteiger partial charge in [0.2, 0.25) is 0 Å². The number of likely N-dealkylation sites (tertiary alicyclic amines) is 1. The quantitative estimate of drug-likeness (QED) is 0.841. The summed E-state index contributed by atoms with van der Waals surface area (Å²) in [5.41, 5.74) is 1.28. The van der Waals surface area contributed by atoms with Crippen molar-refractivity contribution in [3.63, 3.8) is 0 Å². The topological polar surface area (TPSA) is 12.5 Å². The lowest BCUT2D eigenvalue weighted by Crippen LogP contribution is -2.39. The second-order valence-electron chi connectivity index (χ2n) is 5.05. The van der Waals surface area contributed by atoms with E-state index in [9.17, 15) is 0 Å². The lowest BCUT2D eigenvalue weighted by molar-refractivity contribution is 0.0867. The monoisotopic (exact) mass is 287 g/mol. The maximum absolute atomic E-state index is 6.11. The van der Waals surface area contributed by atoms with E-state index in [4.69, 9.17) is 27.9 Å². The van der Waals surface area contributed by atoms with Gasteiger partial charge in [-0.15, -0.1) is 0 Å². The SMILES string of the molecule is COC[C@H]1CN(C)CC[C@@H]1c1ccc(Cl)c(Cl)c1. The van der Waals surface area contributed by atoms with E-state index in [-0.39, 0.29) is 0 Å². The van der Waals surface area contributed by atoms with Gasteiger partial charge in [0, 0.05) is 19.6 Å². The van der Waals surface area contributed by atoms with Crippen LogP contribution in [0.1, 0.15) is 17.9 Å². The van der Waals surface area contributed by atoms with Gasteiger partial charge in [-0.1, -0.05) is 29.3 Å². The average Bonchev–Trinajstić information content (AvgIpc) is 2.34. The largest absolute Gasteiger partial charge is 0.384 e. The molecule has 2 atom stereocenters. The van der Waals surface area contributed by atoms with Crippen molar-refractivity contribution in [2.75, 3.05) is 33.9 Å². The van der Waals surface area contributed by atoms with Crippen molar-refractivity contribution in [3.8, 4) is 0 Å². The smallest absolute Gasteiger partial charge is 0.0595 e. The van der Waals surface area contributed by atoms with Gasteiger partial charge in [0.15, 0.2) is 0 Å². The molecule has 4 heteroatoms. The molecule has 1 aromatic carbocycles. The number of hydrogen-bond donors (Lipinski definition) is 0. The molecular formula is C14H19Cl2NO. The molecule has 1 heterocycles. The molecule has 0 saturated carbocycles. The van der Waals surface area contributed by atoms with E-state index >= 15 is 0 Å². The summed E-state index contributed by atoms with van der Waals surface area (Å²) in [7, 11) is 3.92. The number of methoxy groups -OCH3 is 1. The molecule has 0 amide bonds. The fourth-order valence-corrected chi connectivity index (χ4v) is 3.09. The molecule has 0 aromatic heterocycles. The highest BCUT2D eigenvalue weighted by Gasteiger charge is 2.29. The Bertz CT molecular complexity index is 411. The van der Waals surface area contributed by atoms with Crippen LogP contribution in [0.25, 0.3) is 0 Å². The van der Waals surface area contributed by atoms with Gasteiger partial charge in [0.1, 0.15) is 0 Å². The zero-order valence-corrected chi connectivity index (χ0v) is 12.3. The summed E-state index contributed by atoms with van der Waals surface area (Å²) in [5, 5.41) is 1.26. The summed E-state index contributed by atoms with van der Waals surface area (Å²) in [6.07, 6.45) is 1.14. The van der Waals surface area contributed by atoms with Gasteiger partial charge in [-0.25, -0.2) is 0 Å². The van der Waals surface area contributed by atoms with Crippen LogP contribution < -0.4 is 0 Å². The van der Waals surface area contributed by atoms with E-state index in [0.29, 0.717) is 21.9 Å². The minimum Gasteiger partial charge on any atom is -0.384 e. The molecule has 0 bridgehead atoms. The first-order chi connectivity index (χ1) is 8.61. The molecular weight excluding hydrogens is 269 g/mol. The summed E-state index contributed by atoms with van der Waals surface area (Å²) in [6, 6.07) is 5.98. The fraction of sp³-hybridized carbons (Fsp3) is 0.571. The van der Waals surface area contributed by atoms with E-state index in [1.54, 1.807) is 7.11 Å². The average molecular weight is 288 g/mol. The molecule has 1 aromatic rings. The minimum atomic E-state index is 0.510. The van der Waals surface area contributed by atoms with Crippen LogP contribution >= 0.6 is 23.2 Å². The Hall–Kier alpha value is -0.280. The van der Waals surface area contributed by atoms with E-state index in [2.05, 4.69) is 18.0 Å². The number of ether oxygens (including phenoxy) is 1. The van der Waals surface area contributed by atoms with Crippen molar-refractivity contribution in [1.29, 1.82) is 0 Å². The minimum absolute atomic E-state index is 0.510. The standard InChI is InChI=1S/C14H19Cl2NO/c1-17-6-5-12(11(8-17)9-18-2)10-3-4-13(15)14(16)7-10/h3-4,7,11-12H,5-6,8-9H2,1-2H3/t11-,12-/m1/s1. The van der Waals surface area contributed by atoms with Crippen molar-refractivity contribution in [3.05, 3.63) is 33.8 Å². The summed E-state index contributed by atoms with van der Waals surface area (Å²) < 4.78 is 5.35. The van der Waals surface area contributed by atoms with Crippen molar-refractivity contribution in [2.45, 2.75) is 12.3 Å². The molecule has 0 aliphatic carbocycles. The van der Waals surface area contributed by atoms with Crippen molar-refractivity contribution in [1.82, 2.24) is 4.90 Å². The highest BCUT2D eigenvalue weighted by Crippen LogP contribution is 2.35. The Kier molecular flexibility index (Phi) is 4.91. The Morgan fingerprint density at radius 3 is 2.78 bits per heavy atom. The molecule has 0 unspecified atom stereocenters. The highest BCUT2D eigenvalue weighted by atomic mass is 35.5. The van der Waals surface area contributed by atoms with Crippen LogP contribution in [0.3, 0.4) is 0 Å². The van der Waals surface area contributed by atoms with Crippen molar-refractivity contribution in [2.24, 2.45) is 5.92 Å². The maximum atomic E-state index is 6.11. The van der Waals surface area contributed by atoms with Crippen LogP contribution in [-0.2, 0) is 4.74 Å².